The Bertz CT molecular complexity index is 620. The van der Waals surface area contributed by atoms with Crippen molar-refractivity contribution in [3.63, 3.8) is 0 Å². The smallest absolute Gasteiger partial charge is 0.0162 e. The van der Waals surface area contributed by atoms with Crippen molar-refractivity contribution in [1.82, 2.24) is 0 Å². The molecule has 0 saturated heterocycles. The third kappa shape index (κ3) is 2.97. The molecule has 1 saturated carbocycles. The number of rotatable bonds is 3. The molecule has 0 N–H and O–H groups in total. The number of hydrogen-bond acceptors (Lipinski definition) is 0. The van der Waals surface area contributed by atoms with E-state index in [1.807, 2.05) is 0 Å². The maximum Gasteiger partial charge on any atom is -0.0162 e. The molecule has 0 spiro atoms. The molecule has 2 aliphatic rings. The zero-order valence-corrected chi connectivity index (χ0v) is 13.4. The summed E-state index contributed by atoms with van der Waals surface area (Å²) in [6, 6.07) is 18.4. The fraction of sp³-hybridized carbons (Fsp3) is 0.455. The summed E-state index contributed by atoms with van der Waals surface area (Å²) in [6.45, 7) is 0. The first-order valence-corrected chi connectivity index (χ1v) is 9.04. The van der Waals surface area contributed by atoms with Crippen molar-refractivity contribution in [2.24, 2.45) is 5.92 Å². The quantitative estimate of drug-likeness (QED) is 0.681. The van der Waals surface area contributed by atoms with Gasteiger partial charge in [-0.05, 0) is 66.2 Å². The van der Waals surface area contributed by atoms with E-state index in [-0.39, 0.29) is 0 Å². The summed E-state index contributed by atoms with van der Waals surface area (Å²) < 4.78 is 0. The van der Waals surface area contributed by atoms with Gasteiger partial charge in [-0.2, -0.15) is 0 Å². The Morgan fingerprint density at radius 2 is 1.55 bits per heavy atom. The lowest BCUT2D eigenvalue weighted by molar-refractivity contribution is 0.443. The van der Waals surface area contributed by atoms with Crippen LogP contribution < -0.4 is 0 Å². The van der Waals surface area contributed by atoms with E-state index in [2.05, 4.69) is 48.5 Å². The number of hydrogen-bond donors (Lipinski definition) is 0. The number of fused-ring (bicyclic) bond motifs is 1. The van der Waals surface area contributed by atoms with Gasteiger partial charge < -0.3 is 0 Å². The molecule has 2 aromatic carbocycles. The van der Waals surface area contributed by atoms with E-state index < -0.39 is 0 Å². The zero-order chi connectivity index (χ0) is 14.8. The van der Waals surface area contributed by atoms with Gasteiger partial charge >= 0.3 is 0 Å². The lowest BCUT2D eigenvalue weighted by Gasteiger charge is -2.22. The fourth-order valence-corrected chi connectivity index (χ4v) is 4.51. The molecule has 114 valence electrons. The molecule has 0 aliphatic heterocycles. The van der Waals surface area contributed by atoms with Crippen LogP contribution in [-0.4, -0.2) is 0 Å². The van der Waals surface area contributed by atoms with Crippen LogP contribution in [0.1, 0.15) is 60.3 Å². The van der Waals surface area contributed by atoms with Crippen molar-refractivity contribution in [3.05, 3.63) is 70.8 Å². The summed E-state index contributed by atoms with van der Waals surface area (Å²) in [4.78, 5) is 0. The third-order valence-corrected chi connectivity index (χ3v) is 5.69. The van der Waals surface area contributed by atoms with Gasteiger partial charge in [0.05, 0.1) is 0 Å². The minimum atomic E-state index is 0.805. The van der Waals surface area contributed by atoms with Crippen LogP contribution in [0.3, 0.4) is 0 Å². The maximum absolute atomic E-state index is 2.55. The van der Waals surface area contributed by atoms with Gasteiger partial charge in [0.1, 0.15) is 0 Å². The molecular weight excluding hydrogens is 264 g/mol. The molecule has 2 aromatic rings. The molecule has 0 nitrogen and oxygen atoms in total. The second-order valence-electron chi connectivity index (χ2n) is 7.33. The predicted octanol–water partition coefficient (Wildman–Crippen LogP) is 5.69. The van der Waals surface area contributed by atoms with Gasteiger partial charge in [-0.25, -0.2) is 0 Å². The summed E-state index contributed by atoms with van der Waals surface area (Å²) in [6.07, 6.45) is 10.9. The van der Waals surface area contributed by atoms with Crippen LogP contribution in [0.25, 0.3) is 0 Å². The Balaban J connectivity index is 1.47. The highest BCUT2D eigenvalue weighted by molar-refractivity contribution is 5.38. The minimum absolute atomic E-state index is 0.805. The zero-order valence-electron chi connectivity index (χ0n) is 13.4. The highest BCUT2D eigenvalue weighted by Gasteiger charge is 2.23. The van der Waals surface area contributed by atoms with Crippen LogP contribution in [0.4, 0.5) is 0 Å². The summed E-state index contributed by atoms with van der Waals surface area (Å²) >= 11 is 0. The van der Waals surface area contributed by atoms with Gasteiger partial charge in [0.2, 0.25) is 0 Å². The van der Waals surface area contributed by atoms with Crippen molar-refractivity contribution in [2.45, 2.75) is 57.3 Å². The van der Waals surface area contributed by atoms with Crippen molar-refractivity contribution >= 4 is 0 Å². The Labute approximate surface area is 134 Å². The molecular formula is C22H26. The Kier molecular flexibility index (Phi) is 4.01. The molecule has 1 fully saturated rings. The SMILES string of the molecule is c1ccc(CC2Cc3ccc(C4CCCCC4)cc3C2)cc1. The standard InChI is InChI=1S/C22H26/c1-3-7-17(8-4-1)13-18-14-20-11-12-21(16-22(20)15-18)19-9-5-2-6-10-19/h1,3-4,7-8,11-12,16,18-19H,2,5-6,9-10,13-15H2. The van der Waals surface area contributed by atoms with Crippen LogP contribution >= 0.6 is 0 Å². The topological polar surface area (TPSA) is 0 Å². The molecule has 0 heterocycles. The first-order valence-electron chi connectivity index (χ1n) is 9.04. The molecule has 1 unspecified atom stereocenters. The molecule has 0 amide bonds. The van der Waals surface area contributed by atoms with Gasteiger partial charge in [0.15, 0.2) is 0 Å². The van der Waals surface area contributed by atoms with E-state index in [0.717, 1.165) is 11.8 Å². The lowest BCUT2D eigenvalue weighted by atomic mass is 9.83. The van der Waals surface area contributed by atoms with Crippen molar-refractivity contribution < 1.29 is 0 Å². The molecule has 1 atom stereocenters. The predicted molar refractivity (Wildman–Crippen MR) is 93.3 cm³/mol. The molecule has 4 rings (SSSR count). The summed E-state index contributed by atoms with van der Waals surface area (Å²) in [7, 11) is 0. The monoisotopic (exact) mass is 290 g/mol. The van der Waals surface area contributed by atoms with Crippen LogP contribution in [0.5, 0.6) is 0 Å². The van der Waals surface area contributed by atoms with Gasteiger partial charge in [0, 0.05) is 0 Å². The van der Waals surface area contributed by atoms with Crippen LogP contribution in [0.2, 0.25) is 0 Å². The van der Waals surface area contributed by atoms with Gasteiger partial charge in [-0.3, -0.25) is 0 Å². The minimum Gasteiger partial charge on any atom is -0.0622 e. The van der Waals surface area contributed by atoms with Crippen LogP contribution in [0.15, 0.2) is 48.5 Å². The highest BCUT2D eigenvalue weighted by atomic mass is 14.3. The molecule has 22 heavy (non-hydrogen) atoms. The van der Waals surface area contributed by atoms with Crippen LogP contribution in [-0.2, 0) is 19.3 Å². The second kappa shape index (κ2) is 6.28. The first kappa shape index (κ1) is 14.1. The molecule has 2 aliphatic carbocycles. The fourth-order valence-electron chi connectivity index (χ4n) is 4.51. The Morgan fingerprint density at radius 1 is 0.773 bits per heavy atom. The van der Waals surface area contributed by atoms with Gasteiger partial charge in [-0.1, -0.05) is 67.8 Å². The van der Waals surface area contributed by atoms with E-state index in [4.69, 9.17) is 0 Å². The molecule has 0 heteroatoms. The van der Waals surface area contributed by atoms with E-state index in [9.17, 15) is 0 Å². The normalized spacial score (nSPS) is 21.7. The van der Waals surface area contributed by atoms with Gasteiger partial charge in [0.25, 0.3) is 0 Å². The largest absolute Gasteiger partial charge is 0.0622 e. The molecule has 0 bridgehead atoms. The van der Waals surface area contributed by atoms with Gasteiger partial charge in [-0.15, -0.1) is 0 Å². The summed E-state index contributed by atoms with van der Waals surface area (Å²) in [5.41, 5.74) is 6.37. The lowest BCUT2D eigenvalue weighted by Crippen LogP contribution is -2.05. The van der Waals surface area contributed by atoms with Crippen molar-refractivity contribution in [3.8, 4) is 0 Å². The molecule has 0 radical (unpaired) electrons. The van der Waals surface area contributed by atoms with Crippen LogP contribution in [0, 0.1) is 5.92 Å². The molecule has 0 aromatic heterocycles. The third-order valence-electron chi connectivity index (χ3n) is 5.69. The maximum atomic E-state index is 2.55. The Hall–Kier alpha value is -1.56. The van der Waals surface area contributed by atoms with E-state index in [1.165, 1.54) is 56.9 Å². The average Bonchev–Trinajstić information content (AvgIpc) is 2.98. The summed E-state index contributed by atoms with van der Waals surface area (Å²) in [5.74, 6) is 1.64. The number of benzene rings is 2. The first-order chi connectivity index (χ1) is 10.9. The Morgan fingerprint density at radius 3 is 2.36 bits per heavy atom. The second-order valence-corrected chi connectivity index (χ2v) is 7.33. The van der Waals surface area contributed by atoms with E-state index in [0.29, 0.717) is 0 Å². The summed E-state index contributed by atoms with van der Waals surface area (Å²) in [5, 5.41) is 0. The van der Waals surface area contributed by atoms with Crippen molar-refractivity contribution in [1.29, 1.82) is 0 Å². The van der Waals surface area contributed by atoms with E-state index >= 15 is 0 Å². The highest BCUT2D eigenvalue weighted by Crippen LogP contribution is 2.36. The van der Waals surface area contributed by atoms with Crippen molar-refractivity contribution in [2.75, 3.05) is 0 Å². The average molecular weight is 290 g/mol. The van der Waals surface area contributed by atoms with E-state index in [1.54, 1.807) is 16.7 Å².